The maximum Gasteiger partial charge on any atom is 0.163 e. The molecule has 8 aliphatic rings. The number of allylic oxidation sites excluding steroid dienone is 19. The first kappa shape index (κ1) is 35.3. The number of aromatic nitrogens is 3. The lowest BCUT2D eigenvalue weighted by atomic mass is 9.71. The normalized spacial score (nSPS) is 29.2. The van der Waals surface area contributed by atoms with Gasteiger partial charge < -0.3 is 0 Å². The number of fused-ring (bicyclic) bond motifs is 1. The van der Waals surface area contributed by atoms with Crippen LogP contribution in [-0.4, -0.2) is 27.2 Å². The van der Waals surface area contributed by atoms with Crippen LogP contribution in [0, 0.1) is 34.5 Å². The van der Waals surface area contributed by atoms with E-state index in [1.807, 2.05) is 0 Å². The number of nitrogens with zero attached hydrogens (tertiary/aromatic N) is 5. The zero-order valence-electron chi connectivity index (χ0n) is 32.4. The van der Waals surface area contributed by atoms with Crippen LogP contribution < -0.4 is 0 Å². The second-order valence-electron chi connectivity index (χ2n) is 17.4. The first-order chi connectivity index (χ1) is 26.4. The Kier molecular flexibility index (Phi) is 9.81. The van der Waals surface area contributed by atoms with Gasteiger partial charge in [0.2, 0.25) is 0 Å². The fourth-order valence-corrected chi connectivity index (χ4v) is 10.6. The second kappa shape index (κ2) is 15.0. The molecule has 0 bridgehead atoms. The van der Waals surface area contributed by atoms with E-state index in [0.717, 1.165) is 119 Å². The molecule has 1 aromatic rings. The van der Waals surface area contributed by atoms with Crippen LogP contribution in [0.1, 0.15) is 140 Å². The number of hydrogen-bond donors (Lipinski definition) is 0. The van der Waals surface area contributed by atoms with Crippen LogP contribution in [-0.2, 0) is 0 Å². The zero-order chi connectivity index (χ0) is 36.6. The molecule has 0 amide bonds. The van der Waals surface area contributed by atoms with Gasteiger partial charge in [-0.2, -0.15) is 5.26 Å². The maximum atomic E-state index is 9.94. The minimum Gasteiger partial charge on any atom is -0.290 e. The summed E-state index contributed by atoms with van der Waals surface area (Å²) in [6.45, 7) is 4.84. The van der Waals surface area contributed by atoms with Gasteiger partial charge in [-0.1, -0.05) is 74.1 Å². The van der Waals surface area contributed by atoms with Crippen molar-refractivity contribution in [2.75, 3.05) is 0 Å². The highest BCUT2D eigenvalue weighted by molar-refractivity contribution is 5.77. The van der Waals surface area contributed by atoms with Gasteiger partial charge in [-0.15, -0.1) is 0 Å². The van der Waals surface area contributed by atoms with E-state index in [1.54, 1.807) is 16.7 Å². The summed E-state index contributed by atoms with van der Waals surface area (Å²) in [6.07, 6.45) is 44.3. The van der Waals surface area contributed by atoms with Gasteiger partial charge in [-0.25, -0.2) is 15.0 Å². The number of aliphatic imine (C=N–C) groups is 1. The summed E-state index contributed by atoms with van der Waals surface area (Å²) in [6, 6.07) is 3.04. The van der Waals surface area contributed by atoms with Gasteiger partial charge in [0.1, 0.15) is 0 Å². The van der Waals surface area contributed by atoms with Crippen molar-refractivity contribution >= 4 is 22.9 Å². The first-order valence-corrected chi connectivity index (χ1v) is 21.1. The van der Waals surface area contributed by atoms with Gasteiger partial charge in [0, 0.05) is 16.6 Å². The van der Waals surface area contributed by atoms with E-state index < -0.39 is 0 Å². The molecule has 0 radical (unpaired) electrons. The quantitative estimate of drug-likeness (QED) is 0.275. The lowest BCUT2D eigenvalue weighted by molar-refractivity contribution is 0.354. The van der Waals surface area contributed by atoms with Gasteiger partial charge in [0.05, 0.1) is 18.0 Å². The van der Waals surface area contributed by atoms with Gasteiger partial charge in [0.25, 0.3) is 0 Å². The predicted octanol–water partition coefficient (Wildman–Crippen LogP) is 12.1. The fourth-order valence-electron chi connectivity index (χ4n) is 10.6. The summed E-state index contributed by atoms with van der Waals surface area (Å²) < 4.78 is 0. The minimum atomic E-state index is -0.0381. The Morgan fingerprint density at radius 2 is 1.48 bits per heavy atom. The number of nitriles is 1. The number of rotatable bonds is 6. The predicted molar refractivity (Wildman–Crippen MR) is 221 cm³/mol. The lowest BCUT2D eigenvalue weighted by Crippen LogP contribution is -2.23. The van der Waals surface area contributed by atoms with Crippen molar-refractivity contribution in [2.45, 2.75) is 129 Å². The largest absolute Gasteiger partial charge is 0.290 e. The molecule has 0 saturated carbocycles. The third-order valence-corrected chi connectivity index (χ3v) is 13.7. The summed E-state index contributed by atoms with van der Waals surface area (Å²) in [5, 5.41) is 9.94. The molecule has 1 aromatic heterocycles. The molecule has 4 unspecified atom stereocenters. The molecule has 0 N–H and O–H groups in total. The van der Waals surface area contributed by atoms with E-state index in [1.165, 1.54) is 47.1 Å². The van der Waals surface area contributed by atoms with E-state index in [9.17, 15) is 5.26 Å². The molecule has 54 heavy (non-hydrogen) atoms. The molecular weight excluding hydrogens is 659 g/mol. The Hall–Kier alpha value is -4.43. The van der Waals surface area contributed by atoms with Crippen molar-refractivity contribution in [1.82, 2.24) is 15.0 Å². The SMILES string of the molecule is CC1(C)C2=C(CCC(C3=CC(C4CC=C(C5CCCC=N5)CC4)CC(c4nc(C5=CCCC=C5)nc(C5=CCCC=C5)n4)=C3)=C2)C2=C1CC(C#N)CCC2. The number of hydrogen-bond acceptors (Lipinski definition) is 5. The summed E-state index contributed by atoms with van der Waals surface area (Å²) in [7, 11) is 0. The molecule has 9 rings (SSSR count). The van der Waals surface area contributed by atoms with Crippen molar-refractivity contribution in [1.29, 1.82) is 5.26 Å². The van der Waals surface area contributed by atoms with Crippen LogP contribution in [0.5, 0.6) is 0 Å². The van der Waals surface area contributed by atoms with Gasteiger partial charge in [0.15, 0.2) is 17.5 Å². The Morgan fingerprint density at radius 1 is 0.704 bits per heavy atom. The lowest BCUT2D eigenvalue weighted by Gasteiger charge is -2.34. The molecule has 5 nitrogen and oxygen atoms in total. The standard InChI is InChI=1S/C49H55N5/c1-49(2)43-26-32(31-50)12-11-17-41(43)42-24-23-37(30-44(42)49)39-27-38(33-19-21-34(22-20-33)45-18-9-10-25-51-45)28-40(29-39)48-53-46(35-13-5-3-6-14-35)52-47(54-48)36-15-7-4-8-16-36/h5,7,13-16,21,25,27,29-30,32-33,38,45H,3-4,6,8-12,17-20,22-24,26,28H2,1-2H3. The monoisotopic (exact) mass is 713 g/mol. The molecule has 1 aliphatic heterocycles. The zero-order valence-corrected chi connectivity index (χ0v) is 32.4. The average Bonchev–Trinajstić information content (AvgIpc) is 3.35. The van der Waals surface area contributed by atoms with Crippen molar-refractivity contribution in [3.63, 3.8) is 0 Å². The van der Waals surface area contributed by atoms with Crippen LogP contribution in [0.15, 0.2) is 105 Å². The van der Waals surface area contributed by atoms with E-state index in [-0.39, 0.29) is 11.3 Å². The van der Waals surface area contributed by atoms with E-state index in [4.69, 9.17) is 19.9 Å². The highest BCUT2D eigenvalue weighted by Crippen LogP contribution is 2.56. The topological polar surface area (TPSA) is 74.8 Å². The molecule has 4 atom stereocenters. The van der Waals surface area contributed by atoms with Crippen LogP contribution >= 0.6 is 0 Å². The van der Waals surface area contributed by atoms with Crippen LogP contribution in [0.2, 0.25) is 0 Å². The Balaban J connectivity index is 1.10. The molecular formula is C49H55N5. The maximum absolute atomic E-state index is 9.94. The van der Waals surface area contributed by atoms with E-state index in [0.29, 0.717) is 17.9 Å². The second-order valence-corrected chi connectivity index (χ2v) is 17.4. The van der Waals surface area contributed by atoms with E-state index >= 15 is 0 Å². The summed E-state index contributed by atoms with van der Waals surface area (Å²) >= 11 is 0. The van der Waals surface area contributed by atoms with Crippen molar-refractivity contribution in [3.05, 3.63) is 117 Å². The molecule has 0 spiro atoms. The average molecular weight is 714 g/mol. The van der Waals surface area contributed by atoms with Gasteiger partial charge >= 0.3 is 0 Å². The van der Waals surface area contributed by atoms with Gasteiger partial charge in [-0.3, -0.25) is 4.99 Å². The summed E-state index contributed by atoms with van der Waals surface area (Å²) in [4.78, 5) is 20.5. The fraction of sp³-hybridized carbons (Fsp3) is 0.490. The Labute approximate surface area is 322 Å². The van der Waals surface area contributed by atoms with E-state index in [2.05, 4.69) is 86.9 Å². The Bertz CT molecular complexity index is 2060. The first-order valence-electron chi connectivity index (χ1n) is 21.1. The van der Waals surface area contributed by atoms with Crippen LogP contribution in [0.25, 0.3) is 16.7 Å². The third-order valence-electron chi connectivity index (χ3n) is 13.7. The van der Waals surface area contributed by atoms with Crippen molar-refractivity contribution < 1.29 is 0 Å². The highest BCUT2D eigenvalue weighted by atomic mass is 15.0. The van der Waals surface area contributed by atoms with Crippen LogP contribution in [0.4, 0.5) is 0 Å². The molecule has 7 aliphatic carbocycles. The third kappa shape index (κ3) is 6.87. The van der Waals surface area contributed by atoms with Crippen molar-refractivity contribution in [3.8, 4) is 6.07 Å². The smallest absolute Gasteiger partial charge is 0.163 e. The van der Waals surface area contributed by atoms with Gasteiger partial charge in [-0.05, 0) is 172 Å². The summed E-state index contributed by atoms with van der Waals surface area (Å²) in [5.74, 6) is 3.55. The molecule has 5 heteroatoms. The molecule has 0 saturated heterocycles. The molecule has 2 heterocycles. The minimum absolute atomic E-state index is 0.0381. The molecule has 276 valence electrons. The molecule has 0 aromatic carbocycles. The summed E-state index contributed by atoms with van der Waals surface area (Å²) in [5.41, 5.74) is 14.0. The van der Waals surface area contributed by atoms with Crippen LogP contribution in [0.3, 0.4) is 0 Å². The molecule has 0 fully saturated rings. The Morgan fingerprint density at radius 3 is 2.15 bits per heavy atom. The van der Waals surface area contributed by atoms with Crippen molar-refractivity contribution in [2.24, 2.45) is 28.2 Å². The highest BCUT2D eigenvalue weighted by Gasteiger charge is 2.42.